The second-order valence-electron chi connectivity index (χ2n) is 8.05. The van der Waals surface area contributed by atoms with Gasteiger partial charge in [0.1, 0.15) is 0 Å². The van der Waals surface area contributed by atoms with Gasteiger partial charge in [0.05, 0.1) is 11.7 Å². The summed E-state index contributed by atoms with van der Waals surface area (Å²) in [5.41, 5.74) is -0.734. The second kappa shape index (κ2) is 4.23. The molecule has 22 heavy (non-hydrogen) atoms. The molecule has 4 fully saturated rings. The molecule has 2 saturated carbocycles. The average Bonchev–Trinajstić information content (AvgIpc) is 2.77. The summed E-state index contributed by atoms with van der Waals surface area (Å²) in [5, 5.41) is 9.07. The number of allylic oxidation sites excluding steroid dienone is 2. The van der Waals surface area contributed by atoms with Crippen molar-refractivity contribution in [1.82, 2.24) is 0 Å². The van der Waals surface area contributed by atoms with E-state index in [2.05, 4.69) is 28.9 Å². The molecule has 1 N–H and O–H groups in total. The highest BCUT2D eigenvalue weighted by molar-refractivity contribution is 9.09. The molecule has 120 valence electrons. The predicted molar refractivity (Wildman–Crippen MR) is 83.8 cm³/mol. The van der Waals surface area contributed by atoms with Gasteiger partial charge in [-0.2, -0.15) is 0 Å². The zero-order valence-corrected chi connectivity index (χ0v) is 14.4. The number of carbonyl (C=O) groups is 2. The minimum atomic E-state index is -0.840. The largest absolute Gasteiger partial charge is 0.481 e. The van der Waals surface area contributed by atoms with E-state index in [0.29, 0.717) is 12.3 Å². The Morgan fingerprint density at radius 3 is 2.86 bits per heavy atom. The highest BCUT2D eigenvalue weighted by Gasteiger charge is 2.74. The van der Waals surface area contributed by atoms with Crippen LogP contribution < -0.4 is 0 Å². The number of alkyl halides is 1. The first-order valence-electron chi connectivity index (χ1n) is 7.99. The Balaban J connectivity index is 1.78. The van der Waals surface area contributed by atoms with E-state index in [1.165, 1.54) is 0 Å². The SMILES string of the molecule is CC12CC34C=CC(=O)[C@@](C)(CCC(=O)O)C3C(O1)[C@@H](Br)C2C4. The summed E-state index contributed by atoms with van der Waals surface area (Å²) in [5.74, 6) is -0.220. The minimum absolute atomic E-state index is 0.00481. The van der Waals surface area contributed by atoms with Gasteiger partial charge in [-0.3, -0.25) is 9.59 Å². The van der Waals surface area contributed by atoms with Crippen molar-refractivity contribution < 1.29 is 19.4 Å². The van der Waals surface area contributed by atoms with E-state index in [-0.39, 0.29) is 40.1 Å². The van der Waals surface area contributed by atoms with Crippen LogP contribution in [0.3, 0.4) is 0 Å². The zero-order chi connectivity index (χ0) is 15.9. The number of hydrogen-bond acceptors (Lipinski definition) is 3. The lowest BCUT2D eigenvalue weighted by Crippen LogP contribution is -2.58. The van der Waals surface area contributed by atoms with Crippen molar-refractivity contribution in [3.63, 3.8) is 0 Å². The van der Waals surface area contributed by atoms with E-state index in [4.69, 9.17) is 9.84 Å². The van der Waals surface area contributed by atoms with Crippen molar-refractivity contribution in [2.75, 3.05) is 0 Å². The van der Waals surface area contributed by atoms with Crippen LogP contribution in [0.15, 0.2) is 12.2 Å². The lowest BCUT2D eigenvalue weighted by molar-refractivity contribution is -0.169. The fourth-order valence-corrected chi connectivity index (χ4v) is 7.10. The van der Waals surface area contributed by atoms with Crippen LogP contribution >= 0.6 is 15.9 Å². The predicted octanol–water partition coefficient (Wildman–Crippen LogP) is 2.94. The topological polar surface area (TPSA) is 63.6 Å². The Labute approximate surface area is 138 Å². The van der Waals surface area contributed by atoms with Crippen LogP contribution in [0.2, 0.25) is 0 Å². The first-order chi connectivity index (χ1) is 10.2. The molecule has 7 atom stereocenters. The fourth-order valence-electron chi connectivity index (χ4n) is 5.94. The molecular formula is C17H21BrO4. The third-order valence-corrected chi connectivity index (χ3v) is 7.95. The number of carbonyl (C=O) groups excluding carboxylic acids is 1. The maximum Gasteiger partial charge on any atom is 0.303 e. The third kappa shape index (κ3) is 1.62. The van der Waals surface area contributed by atoms with Crippen LogP contribution in [0.25, 0.3) is 0 Å². The van der Waals surface area contributed by atoms with E-state index >= 15 is 0 Å². The molecule has 0 aromatic rings. The third-order valence-electron chi connectivity index (χ3n) is 6.79. The molecule has 3 aliphatic carbocycles. The van der Waals surface area contributed by atoms with Gasteiger partial charge in [0, 0.05) is 28.5 Å². The van der Waals surface area contributed by atoms with Gasteiger partial charge in [-0.1, -0.05) is 28.9 Å². The number of halogens is 1. The molecule has 5 rings (SSSR count). The molecule has 1 spiro atoms. The summed E-state index contributed by atoms with van der Waals surface area (Å²) in [6.45, 7) is 4.14. The summed E-state index contributed by atoms with van der Waals surface area (Å²) in [7, 11) is 0. The lowest BCUT2D eigenvalue weighted by Gasteiger charge is -2.55. The Morgan fingerprint density at radius 2 is 2.23 bits per heavy atom. The Bertz CT molecular complexity index is 601. The number of carboxylic acid groups (broad SMARTS) is 1. The minimum Gasteiger partial charge on any atom is -0.481 e. The van der Waals surface area contributed by atoms with Crippen LogP contribution in [0.4, 0.5) is 0 Å². The molecule has 0 radical (unpaired) electrons. The maximum atomic E-state index is 12.7. The molecule has 4 bridgehead atoms. The van der Waals surface area contributed by atoms with Crippen molar-refractivity contribution in [3.8, 4) is 0 Å². The van der Waals surface area contributed by atoms with Crippen LogP contribution in [-0.4, -0.2) is 33.4 Å². The Kier molecular flexibility index (Phi) is 2.87. The highest BCUT2D eigenvalue weighted by Crippen LogP contribution is 2.72. The zero-order valence-electron chi connectivity index (χ0n) is 12.8. The van der Waals surface area contributed by atoms with E-state index < -0.39 is 11.4 Å². The van der Waals surface area contributed by atoms with E-state index in [1.807, 2.05) is 6.92 Å². The Hall–Kier alpha value is -0.680. The van der Waals surface area contributed by atoms with Crippen LogP contribution in [-0.2, 0) is 14.3 Å². The van der Waals surface area contributed by atoms with Gasteiger partial charge in [-0.25, -0.2) is 0 Å². The summed E-state index contributed by atoms with van der Waals surface area (Å²) in [4.78, 5) is 24.0. The van der Waals surface area contributed by atoms with Crippen molar-refractivity contribution in [2.45, 2.75) is 56.1 Å². The molecular weight excluding hydrogens is 348 g/mol. The van der Waals surface area contributed by atoms with Gasteiger partial charge >= 0.3 is 5.97 Å². The van der Waals surface area contributed by atoms with Crippen molar-refractivity contribution in [1.29, 1.82) is 0 Å². The van der Waals surface area contributed by atoms with Crippen molar-refractivity contribution in [2.24, 2.45) is 22.7 Å². The van der Waals surface area contributed by atoms with E-state index in [1.54, 1.807) is 6.08 Å². The summed E-state index contributed by atoms with van der Waals surface area (Å²) >= 11 is 3.82. The van der Waals surface area contributed by atoms with Crippen molar-refractivity contribution in [3.05, 3.63) is 12.2 Å². The van der Waals surface area contributed by atoms with Gasteiger partial charge in [0.25, 0.3) is 0 Å². The molecule has 2 saturated heterocycles. The molecule has 2 heterocycles. The first-order valence-corrected chi connectivity index (χ1v) is 8.91. The summed E-state index contributed by atoms with van der Waals surface area (Å²) < 4.78 is 6.39. The van der Waals surface area contributed by atoms with Crippen molar-refractivity contribution >= 4 is 27.7 Å². The molecule has 0 aromatic heterocycles. The van der Waals surface area contributed by atoms with E-state index in [9.17, 15) is 9.59 Å². The average molecular weight is 369 g/mol. The Morgan fingerprint density at radius 1 is 1.50 bits per heavy atom. The quantitative estimate of drug-likeness (QED) is 0.777. The first kappa shape index (κ1) is 14.9. The highest BCUT2D eigenvalue weighted by atomic mass is 79.9. The second-order valence-corrected chi connectivity index (χ2v) is 9.10. The molecule has 5 heteroatoms. The number of carboxylic acids is 1. The van der Waals surface area contributed by atoms with Gasteiger partial charge in [-0.15, -0.1) is 0 Å². The monoisotopic (exact) mass is 368 g/mol. The molecule has 0 amide bonds. The molecule has 4 nitrogen and oxygen atoms in total. The summed E-state index contributed by atoms with van der Waals surface area (Å²) in [6.07, 6.45) is 6.24. The van der Waals surface area contributed by atoms with Gasteiger partial charge in [0.15, 0.2) is 5.78 Å². The lowest BCUT2D eigenvalue weighted by atomic mass is 9.51. The van der Waals surface area contributed by atoms with Gasteiger partial charge in [-0.05, 0) is 37.7 Å². The van der Waals surface area contributed by atoms with Crippen LogP contribution in [0, 0.1) is 22.7 Å². The molecule has 5 unspecified atom stereocenters. The van der Waals surface area contributed by atoms with Gasteiger partial charge in [0.2, 0.25) is 0 Å². The number of rotatable bonds is 3. The van der Waals surface area contributed by atoms with E-state index in [0.717, 1.165) is 12.8 Å². The number of ether oxygens (including phenoxy) is 1. The normalized spacial score (nSPS) is 54.8. The number of ketones is 1. The fraction of sp³-hybridized carbons (Fsp3) is 0.765. The van der Waals surface area contributed by atoms with Gasteiger partial charge < -0.3 is 9.84 Å². The molecule has 2 aliphatic heterocycles. The molecule has 5 aliphatic rings. The number of aliphatic carboxylic acids is 1. The smallest absolute Gasteiger partial charge is 0.303 e. The van der Waals surface area contributed by atoms with Crippen LogP contribution in [0.5, 0.6) is 0 Å². The summed E-state index contributed by atoms with van der Waals surface area (Å²) in [6, 6.07) is 0. The number of hydrogen-bond donors (Lipinski definition) is 1. The molecule has 0 aromatic carbocycles. The maximum absolute atomic E-state index is 12.7. The van der Waals surface area contributed by atoms with Crippen LogP contribution in [0.1, 0.15) is 39.5 Å². The standard InChI is InChI=1S/C17H21BrO4/c1-15(5-4-11(20)21)10(19)3-6-17-7-9-12(18)13(14(15)17)22-16(9,2)8-17/h3,6,9,12-14H,4-5,7-8H2,1-2H3,(H,20,21)/t9?,12-,13?,14?,15+,16?,17?/m0/s1.